The number of amides is 1. The Hall–Kier alpha value is -3.47. The number of aryl methyl sites for hydroxylation is 1. The van der Waals surface area contributed by atoms with Crippen LogP contribution in [0, 0.1) is 12.7 Å². The molecule has 2 heterocycles. The zero-order valence-corrected chi connectivity index (χ0v) is 19.6. The highest BCUT2D eigenvalue weighted by Crippen LogP contribution is 2.27. The number of sulfonamides is 1. The summed E-state index contributed by atoms with van der Waals surface area (Å²) in [6, 6.07) is 6.00. The number of rotatable bonds is 6. The number of ether oxygens (including phenoxy) is 1. The summed E-state index contributed by atoms with van der Waals surface area (Å²) in [5.41, 5.74) is 0.385. The van der Waals surface area contributed by atoms with Crippen molar-refractivity contribution in [3.8, 4) is 5.75 Å². The van der Waals surface area contributed by atoms with Crippen molar-refractivity contribution in [2.75, 3.05) is 18.8 Å². The Morgan fingerprint density at radius 1 is 1.27 bits per heavy atom. The standard InChI is InChI=1S/C22H24FN3O6S/c1-12(2)33(29,30)25-20-19(23)14(8-9-24-20)10-17-13(3)16-7-6-15(31-22(28)26(4)5)11-18(16)32-21(17)27/h6-9,11-12H,10H2,1-5H3,(H,24,25). The number of nitrogens with one attached hydrogen (secondary N) is 1. The van der Waals surface area contributed by atoms with E-state index in [9.17, 15) is 22.4 Å². The van der Waals surface area contributed by atoms with Crippen molar-refractivity contribution in [3.05, 3.63) is 63.4 Å². The van der Waals surface area contributed by atoms with Gasteiger partial charge >= 0.3 is 11.7 Å². The summed E-state index contributed by atoms with van der Waals surface area (Å²) >= 11 is 0. The van der Waals surface area contributed by atoms with Crippen LogP contribution in [0.4, 0.5) is 15.0 Å². The molecular formula is C22H24FN3O6S. The van der Waals surface area contributed by atoms with Gasteiger partial charge in [-0.3, -0.25) is 4.72 Å². The Bertz CT molecular complexity index is 1380. The molecule has 1 amide bonds. The van der Waals surface area contributed by atoms with Gasteiger partial charge in [-0.2, -0.15) is 0 Å². The van der Waals surface area contributed by atoms with E-state index in [1.165, 1.54) is 51.2 Å². The van der Waals surface area contributed by atoms with Crippen molar-refractivity contribution in [2.45, 2.75) is 32.4 Å². The van der Waals surface area contributed by atoms with Crippen molar-refractivity contribution >= 4 is 32.9 Å². The number of hydrogen-bond acceptors (Lipinski definition) is 7. The van der Waals surface area contributed by atoms with Crippen LogP contribution in [0.2, 0.25) is 0 Å². The van der Waals surface area contributed by atoms with E-state index in [0.717, 1.165) is 0 Å². The molecule has 0 aliphatic rings. The third kappa shape index (κ3) is 5.14. The second-order valence-electron chi connectivity index (χ2n) is 7.92. The molecule has 33 heavy (non-hydrogen) atoms. The molecular weight excluding hydrogens is 453 g/mol. The molecule has 176 valence electrons. The van der Waals surface area contributed by atoms with E-state index in [1.807, 2.05) is 0 Å². The molecule has 9 nitrogen and oxygen atoms in total. The number of carbonyl (C=O) groups excluding carboxylic acids is 1. The fourth-order valence-corrected chi connectivity index (χ4v) is 3.62. The molecule has 1 N–H and O–H groups in total. The van der Waals surface area contributed by atoms with E-state index in [-0.39, 0.29) is 28.9 Å². The average molecular weight is 478 g/mol. The van der Waals surface area contributed by atoms with Gasteiger partial charge in [0.15, 0.2) is 11.6 Å². The number of benzene rings is 1. The Balaban J connectivity index is 1.98. The highest BCUT2D eigenvalue weighted by molar-refractivity contribution is 7.93. The Kier molecular flexibility index (Phi) is 6.73. The van der Waals surface area contributed by atoms with Crippen LogP contribution in [0.3, 0.4) is 0 Å². The maximum atomic E-state index is 15.0. The number of hydrogen-bond donors (Lipinski definition) is 1. The monoisotopic (exact) mass is 477 g/mol. The summed E-state index contributed by atoms with van der Waals surface area (Å²) in [5.74, 6) is -1.10. The summed E-state index contributed by atoms with van der Waals surface area (Å²) in [4.78, 5) is 29.5. The lowest BCUT2D eigenvalue weighted by Gasteiger charge is -2.14. The van der Waals surface area contributed by atoms with E-state index in [0.29, 0.717) is 10.9 Å². The highest BCUT2D eigenvalue weighted by atomic mass is 32.2. The minimum absolute atomic E-state index is 0.0812. The number of pyridine rings is 1. The SMILES string of the molecule is Cc1c(Cc2ccnc(NS(=O)(=O)C(C)C)c2F)c(=O)oc2cc(OC(=O)N(C)C)ccc12. The summed E-state index contributed by atoms with van der Waals surface area (Å²) in [5, 5.41) is -0.191. The normalized spacial score (nSPS) is 11.6. The van der Waals surface area contributed by atoms with Crippen LogP contribution in [-0.2, 0) is 16.4 Å². The molecule has 0 saturated carbocycles. The molecule has 0 atom stereocenters. The molecule has 0 spiro atoms. The number of halogens is 1. The molecule has 2 aromatic heterocycles. The van der Waals surface area contributed by atoms with Crippen molar-refractivity contribution in [1.29, 1.82) is 0 Å². The van der Waals surface area contributed by atoms with E-state index < -0.39 is 38.6 Å². The quantitative estimate of drug-likeness (QED) is 0.540. The van der Waals surface area contributed by atoms with Gasteiger partial charge in [0.1, 0.15) is 11.3 Å². The van der Waals surface area contributed by atoms with E-state index in [4.69, 9.17) is 9.15 Å². The zero-order valence-electron chi connectivity index (χ0n) is 18.8. The van der Waals surface area contributed by atoms with Gasteiger partial charge in [-0.1, -0.05) is 0 Å². The van der Waals surface area contributed by atoms with Crippen LogP contribution in [0.15, 0.2) is 39.7 Å². The van der Waals surface area contributed by atoms with Gasteiger partial charge in [-0.05, 0) is 50.1 Å². The van der Waals surface area contributed by atoms with Crippen molar-refractivity contribution in [2.24, 2.45) is 0 Å². The third-order valence-electron chi connectivity index (χ3n) is 5.03. The first-order valence-corrected chi connectivity index (χ1v) is 11.6. The number of nitrogens with zero attached hydrogens (tertiary/aromatic N) is 2. The van der Waals surface area contributed by atoms with Gasteiger partial charge in [-0.15, -0.1) is 0 Å². The highest BCUT2D eigenvalue weighted by Gasteiger charge is 2.21. The predicted molar refractivity (Wildman–Crippen MR) is 122 cm³/mol. The molecule has 0 saturated heterocycles. The van der Waals surface area contributed by atoms with Crippen LogP contribution >= 0.6 is 0 Å². The van der Waals surface area contributed by atoms with E-state index in [1.54, 1.807) is 19.1 Å². The summed E-state index contributed by atoms with van der Waals surface area (Å²) in [7, 11) is -0.720. The second-order valence-corrected chi connectivity index (χ2v) is 10.2. The number of carbonyl (C=O) groups is 1. The van der Waals surface area contributed by atoms with Crippen LogP contribution < -0.4 is 15.1 Å². The van der Waals surface area contributed by atoms with Gasteiger partial charge in [0.25, 0.3) is 0 Å². The predicted octanol–water partition coefficient (Wildman–Crippen LogP) is 3.44. The smallest absolute Gasteiger partial charge is 0.414 e. The molecule has 0 unspecified atom stereocenters. The van der Waals surface area contributed by atoms with Crippen molar-refractivity contribution < 1.29 is 26.8 Å². The maximum Gasteiger partial charge on any atom is 0.414 e. The third-order valence-corrected chi connectivity index (χ3v) is 6.74. The Morgan fingerprint density at radius 3 is 2.61 bits per heavy atom. The molecule has 0 bridgehead atoms. The van der Waals surface area contributed by atoms with Gasteiger partial charge in [0.2, 0.25) is 10.0 Å². The minimum Gasteiger partial charge on any atom is -0.422 e. The number of anilines is 1. The van der Waals surface area contributed by atoms with Crippen LogP contribution in [0.5, 0.6) is 5.75 Å². The number of fused-ring (bicyclic) bond motifs is 1. The fraction of sp³-hybridized carbons (Fsp3) is 0.318. The number of aromatic nitrogens is 1. The first kappa shape index (κ1) is 24.2. The van der Waals surface area contributed by atoms with E-state index in [2.05, 4.69) is 9.71 Å². The molecule has 3 aromatic rings. The van der Waals surface area contributed by atoms with Gasteiger partial charge < -0.3 is 14.1 Å². The molecule has 1 aromatic carbocycles. The second kappa shape index (κ2) is 9.18. The Morgan fingerprint density at radius 2 is 1.97 bits per heavy atom. The summed E-state index contributed by atoms with van der Waals surface area (Å²) < 4.78 is 51.9. The zero-order chi connectivity index (χ0) is 24.5. The van der Waals surface area contributed by atoms with Crippen LogP contribution in [0.25, 0.3) is 11.0 Å². The molecule has 3 rings (SSSR count). The van der Waals surface area contributed by atoms with Crippen molar-refractivity contribution in [1.82, 2.24) is 9.88 Å². The van der Waals surface area contributed by atoms with Gasteiger partial charge in [0, 0.05) is 43.7 Å². The van der Waals surface area contributed by atoms with Crippen molar-refractivity contribution in [3.63, 3.8) is 0 Å². The minimum atomic E-state index is -3.80. The Labute approximate surface area is 190 Å². The topological polar surface area (TPSA) is 119 Å². The molecule has 11 heteroatoms. The summed E-state index contributed by atoms with van der Waals surface area (Å²) in [6.07, 6.45) is 0.550. The fourth-order valence-electron chi connectivity index (χ4n) is 2.97. The maximum absolute atomic E-state index is 15.0. The van der Waals surface area contributed by atoms with Crippen LogP contribution in [0.1, 0.15) is 30.5 Å². The molecule has 0 fully saturated rings. The lowest BCUT2D eigenvalue weighted by Crippen LogP contribution is -2.25. The average Bonchev–Trinajstić information content (AvgIpc) is 2.73. The molecule has 0 aliphatic carbocycles. The van der Waals surface area contributed by atoms with Gasteiger partial charge in [-0.25, -0.2) is 27.4 Å². The first-order valence-electron chi connectivity index (χ1n) is 10.0. The first-order chi connectivity index (χ1) is 15.4. The summed E-state index contributed by atoms with van der Waals surface area (Å²) in [6.45, 7) is 4.61. The lowest BCUT2D eigenvalue weighted by atomic mass is 10.00. The van der Waals surface area contributed by atoms with E-state index >= 15 is 0 Å². The van der Waals surface area contributed by atoms with Crippen LogP contribution in [-0.4, -0.2) is 43.7 Å². The molecule has 0 radical (unpaired) electrons. The lowest BCUT2D eigenvalue weighted by molar-refractivity contribution is 0.172. The largest absolute Gasteiger partial charge is 0.422 e. The van der Waals surface area contributed by atoms with Gasteiger partial charge in [0.05, 0.1) is 5.25 Å². The molecule has 0 aliphatic heterocycles.